The van der Waals surface area contributed by atoms with E-state index in [1.165, 1.54) is 47.9 Å². The minimum atomic E-state index is 0.252. The third kappa shape index (κ3) is 7.90. The summed E-state index contributed by atoms with van der Waals surface area (Å²) in [5, 5.41) is 0. The van der Waals surface area contributed by atoms with E-state index in [4.69, 9.17) is 4.74 Å². The number of nitrogens with one attached hydrogen (secondary N) is 2. The van der Waals surface area contributed by atoms with Crippen LogP contribution >= 0.6 is 0 Å². The number of nitrogens with zero attached hydrogens (tertiary/aromatic N) is 2. The number of imidazole rings is 2. The standard InChI is InChI=1S/C32H42N4O/c1-3-5-7-25-9-13-27(14-10-25)29(31-21-33-23-35-31)17-19-37-20-18-30(32-22-34-24-36-32)28-15-11-26(12-16-28)8-6-4-2/h9-16,21-24,29-30H,3-8,17-20H2,1-2H3,(H,33,35)(H,34,36). The van der Waals surface area contributed by atoms with Gasteiger partial charge in [0.2, 0.25) is 0 Å². The molecular weight excluding hydrogens is 456 g/mol. The quantitative estimate of drug-likeness (QED) is 0.156. The topological polar surface area (TPSA) is 66.6 Å². The molecule has 0 saturated carbocycles. The van der Waals surface area contributed by atoms with Crippen molar-refractivity contribution in [3.8, 4) is 0 Å². The van der Waals surface area contributed by atoms with Gasteiger partial charge in [0.15, 0.2) is 0 Å². The number of rotatable bonds is 16. The van der Waals surface area contributed by atoms with Crippen LogP contribution in [0.15, 0.2) is 73.6 Å². The second kappa shape index (κ2) is 14.5. The first-order valence-electron chi connectivity index (χ1n) is 14.0. The summed E-state index contributed by atoms with van der Waals surface area (Å²) in [6, 6.07) is 18.2. The molecular formula is C32H42N4O. The maximum absolute atomic E-state index is 6.22. The van der Waals surface area contributed by atoms with Gasteiger partial charge in [0.25, 0.3) is 0 Å². The molecule has 0 bridgehead atoms. The molecule has 0 radical (unpaired) electrons. The summed E-state index contributed by atoms with van der Waals surface area (Å²) in [7, 11) is 0. The Bertz CT molecular complexity index is 1030. The fourth-order valence-corrected chi connectivity index (χ4v) is 5.02. The summed E-state index contributed by atoms with van der Waals surface area (Å²) in [6.07, 6.45) is 16.4. The predicted molar refractivity (Wildman–Crippen MR) is 151 cm³/mol. The number of hydrogen-bond acceptors (Lipinski definition) is 3. The Hall–Kier alpha value is -3.18. The molecule has 2 aromatic carbocycles. The molecule has 37 heavy (non-hydrogen) atoms. The van der Waals surface area contributed by atoms with Gasteiger partial charge in [0.05, 0.1) is 12.7 Å². The number of aromatic nitrogens is 4. The molecule has 2 atom stereocenters. The van der Waals surface area contributed by atoms with Gasteiger partial charge in [-0.25, -0.2) is 9.97 Å². The molecule has 196 valence electrons. The molecule has 2 N–H and O–H groups in total. The van der Waals surface area contributed by atoms with Crippen LogP contribution < -0.4 is 0 Å². The highest BCUT2D eigenvalue weighted by molar-refractivity contribution is 5.32. The largest absolute Gasteiger partial charge is 0.381 e. The van der Waals surface area contributed by atoms with Crippen molar-refractivity contribution in [3.63, 3.8) is 0 Å². The zero-order valence-corrected chi connectivity index (χ0v) is 22.5. The van der Waals surface area contributed by atoms with Crippen LogP contribution in [0.5, 0.6) is 0 Å². The van der Waals surface area contributed by atoms with Crippen LogP contribution in [0, 0.1) is 0 Å². The number of hydrogen-bond donors (Lipinski definition) is 2. The van der Waals surface area contributed by atoms with E-state index in [1.54, 1.807) is 12.7 Å². The van der Waals surface area contributed by atoms with Gasteiger partial charge in [-0.1, -0.05) is 75.2 Å². The SMILES string of the molecule is CCCCc1ccc(C(CCOCCC(c2ccc(CCCC)cc2)c2cnc[nH]2)c2cnc[nH]2)cc1. The van der Waals surface area contributed by atoms with Crippen LogP contribution in [-0.2, 0) is 17.6 Å². The van der Waals surface area contributed by atoms with Gasteiger partial charge in [-0.05, 0) is 60.8 Å². The number of H-pyrrole nitrogens is 2. The molecule has 0 aliphatic heterocycles. The summed E-state index contributed by atoms with van der Waals surface area (Å²) < 4.78 is 6.22. The monoisotopic (exact) mass is 498 g/mol. The molecule has 0 spiro atoms. The molecule has 2 heterocycles. The first-order chi connectivity index (χ1) is 18.3. The fraction of sp³-hybridized carbons (Fsp3) is 0.438. The van der Waals surface area contributed by atoms with E-state index < -0.39 is 0 Å². The Morgan fingerprint density at radius 3 is 1.43 bits per heavy atom. The molecule has 0 aliphatic rings. The number of aryl methyl sites for hydroxylation is 2. The zero-order chi connectivity index (χ0) is 25.7. The van der Waals surface area contributed by atoms with Crippen LogP contribution in [0.3, 0.4) is 0 Å². The summed E-state index contributed by atoms with van der Waals surface area (Å²) in [4.78, 5) is 15.2. The van der Waals surface area contributed by atoms with E-state index in [1.807, 2.05) is 12.4 Å². The van der Waals surface area contributed by atoms with Crippen LogP contribution in [-0.4, -0.2) is 33.1 Å². The second-order valence-corrected chi connectivity index (χ2v) is 10.00. The van der Waals surface area contributed by atoms with Crippen LogP contribution in [0.25, 0.3) is 0 Å². The van der Waals surface area contributed by atoms with Crippen molar-refractivity contribution in [2.24, 2.45) is 0 Å². The number of unbranched alkanes of at least 4 members (excludes halogenated alkanes) is 2. The molecule has 2 unspecified atom stereocenters. The molecule has 0 fully saturated rings. The van der Waals surface area contributed by atoms with Gasteiger partial charge in [-0.15, -0.1) is 0 Å². The summed E-state index contributed by atoms with van der Waals surface area (Å²) in [5.41, 5.74) is 7.73. The van der Waals surface area contributed by atoms with E-state index in [9.17, 15) is 0 Å². The lowest BCUT2D eigenvalue weighted by Crippen LogP contribution is -2.10. The molecule has 2 aromatic heterocycles. The minimum absolute atomic E-state index is 0.252. The van der Waals surface area contributed by atoms with Crippen LogP contribution in [0.4, 0.5) is 0 Å². The van der Waals surface area contributed by atoms with E-state index in [0.29, 0.717) is 13.2 Å². The predicted octanol–water partition coefficient (Wildman–Crippen LogP) is 7.58. The molecule has 0 amide bonds. The van der Waals surface area contributed by atoms with E-state index in [-0.39, 0.29) is 11.8 Å². The Labute approximate surface area is 222 Å². The first kappa shape index (κ1) is 26.9. The highest BCUT2D eigenvalue weighted by Crippen LogP contribution is 2.29. The Morgan fingerprint density at radius 2 is 1.08 bits per heavy atom. The lowest BCUT2D eigenvalue weighted by molar-refractivity contribution is 0.124. The third-order valence-electron chi connectivity index (χ3n) is 7.29. The Morgan fingerprint density at radius 1 is 0.649 bits per heavy atom. The van der Waals surface area contributed by atoms with Crippen molar-refractivity contribution in [2.45, 2.75) is 77.0 Å². The van der Waals surface area contributed by atoms with Gasteiger partial charge in [0.1, 0.15) is 0 Å². The summed E-state index contributed by atoms with van der Waals surface area (Å²) in [5.74, 6) is 0.503. The summed E-state index contributed by atoms with van der Waals surface area (Å²) in [6.45, 7) is 5.88. The molecule has 0 aliphatic carbocycles. The van der Waals surface area contributed by atoms with Gasteiger partial charge in [-0.2, -0.15) is 0 Å². The van der Waals surface area contributed by atoms with Crippen molar-refractivity contribution in [1.29, 1.82) is 0 Å². The number of benzene rings is 2. The van der Waals surface area contributed by atoms with Crippen molar-refractivity contribution in [3.05, 3.63) is 107 Å². The van der Waals surface area contributed by atoms with Gasteiger partial charge in [0, 0.05) is 48.8 Å². The van der Waals surface area contributed by atoms with E-state index in [2.05, 4.69) is 82.3 Å². The Balaban J connectivity index is 1.34. The van der Waals surface area contributed by atoms with Gasteiger partial charge >= 0.3 is 0 Å². The van der Waals surface area contributed by atoms with E-state index in [0.717, 1.165) is 37.1 Å². The minimum Gasteiger partial charge on any atom is -0.381 e. The van der Waals surface area contributed by atoms with Gasteiger partial charge < -0.3 is 14.7 Å². The van der Waals surface area contributed by atoms with Crippen molar-refractivity contribution in [2.75, 3.05) is 13.2 Å². The average Bonchev–Trinajstić information content (AvgIpc) is 3.67. The lowest BCUT2D eigenvalue weighted by atomic mass is 9.91. The molecule has 0 saturated heterocycles. The van der Waals surface area contributed by atoms with Crippen LogP contribution in [0.2, 0.25) is 0 Å². The Kier molecular flexibility index (Phi) is 10.6. The van der Waals surface area contributed by atoms with Crippen molar-refractivity contribution < 1.29 is 4.74 Å². The number of aromatic amines is 2. The summed E-state index contributed by atoms with van der Waals surface area (Å²) >= 11 is 0. The average molecular weight is 499 g/mol. The first-order valence-corrected chi connectivity index (χ1v) is 14.0. The third-order valence-corrected chi connectivity index (χ3v) is 7.29. The normalized spacial score (nSPS) is 13.0. The lowest BCUT2D eigenvalue weighted by Gasteiger charge is -2.19. The van der Waals surface area contributed by atoms with E-state index >= 15 is 0 Å². The fourth-order valence-electron chi connectivity index (χ4n) is 5.02. The maximum atomic E-state index is 6.22. The van der Waals surface area contributed by atoms with Crippen molar-refractivity contribution >= 4 is 0 Å². The molecule has 5 heteroatoms. The van der Waals surface area contributed by atoms with Crippen molar-refractivity contribution in [1.82, 2.24) is 19.9 Å². The smallest absolute Gasteiger partial charge is 0.0921 e. The maximum Gasteiger partial charge on any atom is 0.0921 e. The highest BCUT2D eigenvalue weighted by Gasteiger charge is 2.18. The number of ether oxygens (including phenoxy) is 1. The zero-order valence-electron chi connectivity index (χ0n) is 22.5. The molecule has 4 aromatic rings. The molecule has 4 rings (SSSR count). The van der Waals surface area contributed by atoms with Crippen LogP contribution in [0.1, 0.15) is 97.8 Å². The molecule has 5 nitrogen and oxygen atoms in total. The second-order valence-electron chi connectivity index (χ2n) is 10.00. The van der Waals surface area contributed by atoms with Gasteiger partial charge in [-0.3, -0.25) is 0 Å². The highest BCUT2D eigenvalue weighted by atomic mass is 16.5.